The van der Waals surface area contributed by atoms with Gasteiger partial charge in [0.1, 0.15) is 5.82 Å². The Labute approximate surface area is 168 Å². The van der Waals surface area contributed by atoms with Crippen molar-refractivity contribution in [2.24, 2.45) is 0 Å². The van der Waals surface area contributed by atoms with Gasteiger partial charge in [-0.05, 0) is 68.3 Å². The van der Waals surface area contributed by atoms with Crippen LogP contribution in [0.3, 0.4) is 0 Å². The summed E-state index contributed by atoms with van der Waals surface area (Å²) in [6.07, 6.45) is 0. The molecule has 3 aromatic carbocycles. The van der Waals surface area contributed by atoms with E-state index in [1.807, 2.05) is 37.2 Å². The number of hydrogen-bond donors (Lipinski definition) is 0. The zero-order chi connectivity index (χ0) is 20.1. The average molecular weight is 363 g/mol. The summed E-state index contributed by atoms with van der Waals surface area (Å²) >= 11 is 0. The van der Waals surface area contributed by atoms with E-state index in [0.29, 0.717) is 11.0 Å². The molecule has 0 aliphatic heterocycles. The monoisotopic (exact) mass is 363 g/mol. The third-order valence-electron chi connectivity index (χ3n) is 4.56. The Morgan fingerprint density at radius 1 is 0.679 bits per heavy atom. The molecule has 0 N–H and O–H groups in total. The Morgan fingerprint density at radius 3 is 1.71 bits per heavy atom. The summed E-state index contributed by atoms with van der Waals surface area (Å²) < 4.78 is 13.8. The van der Waals surface area contributed by atoms with Gasteiger partial charge in [0.2, 0.25) is 0 Å². The minimum absolute atomic E-state index is 0.249. The van der Waals surface area contributed by atoms with Gasteiger partial charge in [0.15, 0.2) is 7.28 Å². The number of halogens is 1. The van der Waals surface area contributed by atoms with E-state index >= 15 is 0 Å². The highest BCUT2D eigenvalue weighted by atomic mass is 19.1. The maximum atomic E-state index is 13.8. The molecule has 28 heavy (non-hydrogen) atoms. The molecule has 2 heteroatoms. The second-order valence-electron chi connectivity index (χ2n) is 6.88. The molecule has 0 aliphatic carbocycles. The summed E-state index contributed by atoms with van der Waals surface area (Å²) in [4.78, 5) is 0. The Hall–Kier alpha value is -3.23. The van der Waals surface area contributed by atoms with Gasteiger partial charge in [-0.1, -0.05) is 59.7 Å². The van der Waals surface area contributed by atoms with E-state index in [1.54, 1.807) is 13.3 Å². The Balaban J connectivity index is 1.78. The van der Waals surface area contributed by atoms with Crippen LogP contribution in [-0.4, -0.2) is 7.28 Å². The zero-order valence-corrected chi connectivity index (χ0v) is 16.7. The van der Waals surface area contributed by atoms with Crippen molar-refractivity contribution in [3.8, 4) is 23.7 Å². The van der Waals surface area contributed by atoms with Gasteiger partial charge in [-0.3, -0.25) is 0 Å². The molecule has 1 radical (unpaired) electrons. The molecular weight excluding hydrogens is 342 g/mol. The molecule has 0 nitrogen and oxygen atoms in total. The van der Waals surface area contributed by atoms with Gasteiger partial charge >= 0.3 is 0 Å². The van der Waals surface area contributed by atoms with Gasteiger partial charge in [0.25, 0.3) is 0 Å². The van der Waals surface area contributed by atoms with Crippen LogP contribution >= 0.6 is 0 Å². The zero-order valence-electron chi connectivity index (χ0n) is 16.7. The minimum Gasteiger partial charge on any atom is -0.208 e. The van der Waals surface area contributed by atoms with Gasteiger partial charge in [0, 0.05) is 22.3 Å². The smallest absolute Gasteiger partial charge is 0.152 e. The number of benzene rings is 3. The first-order valence-corrected chi connectivity index (χ1v) is 9.27. The van der Waals surface area contributed by atoms with Crippen LogP contribution in [0.2, 0.25) is 6.82 Å². The molecule has 0 amide bonds. The normalized spacial score (nSPS) is 9.75. The van der Waals surface area contributed by atoms with Gasteiger partial charge in [-0.15, -0.1) is 0 Å². The van der Waals surface area contributed by atoms with E-state index in [-0.39, 0.29) is 5.82 Å². The highest BCUT2D eigenvalue weighted by Gasteiger charge is 2.01. The molecule has 0 bridgehead atoms. The van der Waals surface area contributed by atoms with Gasteiger partial charge in [-0.2, -0.15) is 0 Å². The van der Waals surface area contributed by atoms with E-state index in [2.05, 4.69) is 56.6 Å². The lowest BCUT2D eigenvalue weighted by atomic mass is 9.73. The Morgan fingerprint density at radius 2 is 1.18 bits per heavy atom. The van der Waals surface area contributed by atoms with Crippen LogP contribution in [0.1, 0.15) is 38.9 Å². The van der Waals surface area contributed by atoms with E-state index < -0.39 is 0 Å². The van der Waals surface area contributed by atoms with Crippen molar-refractivity contribution in [2.45, 2.75) is 27.6 Å². The topological polar surface area (TPSA) is 0 Å². The Kier molecular flexibility index (Phi) is 6.03. The fraction of sp³-hybridized carbons (Fsp3) is 0.154. The summed E-state index contributed by atoms with van der Waals surface area (Å²) in [5, 5.41) is 0. The van der Waals surface area contributed by atoms with E-state index in [9.17, 15) is 4.39 Å². The van der Waals surface area contributed by atoms with Gasteiger partial charge < -0.3 is 0 Å². The molecule has 0 spiro atoms. The second-order valence-corrected chi connectivity index (χ2v) is 6.88. The molecule has 3 aromatic rings. The largest absolute Gasteiger partial charge is 0.208 e. The van der Waals surface area contributed by atoms with Crippen molar-refractivity contribution in [3.63, 3.8) is 0 Å². The molecule has 135 valence electrons. The van der Waals surface area contributed by atoms with Gasteiger partial charge in [0.05, 0.1) is 0 Å². The fourth-order valence-electron chi connectivity index (χ4n) is 3.13. The van der Waals surface area contributed by atoms with Crippen molar-refractivity contribution < 1.29 is 4.39 Å². The first kappa shape index (κ1) is 19.5. The predicted molar refractivity (Wildman–Crippen MR) is 117 cm³/mol. The standard InChI is InChI=1S/C26H21BF/c1-18-15-19(2)24(20(3)16-18)13-11-22-7-5-21(6-8-22)9-10-23-12-14-25(27-4)26(28)17-23/h5-8,12,14-17H,1-4H3. The third kappa shape index (κ3) is 4.73. The third-order valence-corrected chi connectivity index (χ3v) is 4.56. The average Bonchev–Trinajstić information content (AvgIpc) is 2.66. The molecule has 0 aliphatic rings. The summed E-state index contributed by atoms with van der Waals surface area (Å²) in [6, 6.07) is 17.2. The first-order valence-electron chi connectivity index (χ1n) is 9.27. The van der Waals surface area contributed by atoms with E-state index in [1.165, 1.54) is 22.8 Å². The highest BCUT2D eigenvalue weighted by Crippen LogP contribution is 2.15. The van der Waals surface area contributed by atoms with Crippen molar-refractivity contribution in [3.05, 3.63) is 99.4 Å². The predicted octanol–water partition coefficient (Wildman–Crippen LogP) is 4.93. The maximum Gasteiger partial charge on any atom is 0.152 e. The van der Waals surface area contributed by atoms with Crippen LogP contribution in [0, 0.1) is 50.3 Å². The van der Waals surface area contributed by atoms with Crippen molar-refractivity contribution in [1.29, 1.82) is 0 Å². The number of rotatable bonds is 1. The van der Waals surface area contributed by atoms with Crippen LogP contribution in [0.25, 0.3) is 0 Å². The maximum absolute atomic E-state index is 13.8. The molecule has 0 aromatic heterocycles. The molecular formula is C26H21BF. The molecule has 0 saturated carbocycles. The number of aryl methyl sites for hydroxylation is 3. The Bertz CT molecular complexity index is 1110. The van der Waals surface area contributed by atoms with E-state index in [4.69, 9.17) is 0 Å². The van der Waals surface area contributed by atoms with E-state index in [0.717, 1.165) is 16.7 Å². The van der Waals surface area contributed by atoms with Crippen LogP contribution in [0.15, 0.2) is 54.6 Å². The van der Waals surface area contributed by atoms with Crippen LogP contribution in [-0.2, 0) is 0 Å². The lowest BCUT2D eigenvalue weighted by Crippen LogP contribution is -2.15. The molecule has 0 atom stereocenters. The lowest BCUT2D eigenvalue weighted by molar-refractivity contribution is 0.635. The fourth-order valence-corrected chi connectivity index (χ4v) is 3.13. The van der Waals surface area contributed by atoms with Crippen LogP contribution < -0.4 is 5.46 Å². The molecule has 0 saturated heterocycles. The molecule has 0 heterocycles. The quantitative estimate of drug-likeness (QED) is 0.425. The second kappa shape index (κ2) is 8.64. The molecule has 3 rings (SSSR count). The minimum atomic E-state index is -0.249. The molecule has 0 unspecified atom stereocenters. The lowest BCUT2D eigenvalue weighted by Gasteiger charge is -2.04. The van der Waals surface area contributed by atoms with Crippen LogP contribution in [0.4, 0.5) is 4.39 Å². The molecule has 0 fully saturated rings. The number of hydrogen-bond acceptors (Lipinski definition) is 0. The highest BCUT2D eigenvalue weighted by molar-refractivity contribution is 6.52. The van der Waals surface area contributed by atoms with Crippen molar-refractivity contribution in [2.75, 3.05) is 0 Å². The van der Waals surface area contributed by atoms with Crippen molar-refractivity contribution >= 4 is 12.7 Å². The first-order chi connectivity index (χ1) is 13.5. The summed E-state index contributed by atoms with van der Waals surface area (Å²) in [5.74, 6) is 12.4. The summed E-state index contributed by atoms with van der Waals surface area (Å²) in [7, 11) is 1.74. The van der Waals surface area contributed by atoms with Gasteiger partial charge in [-0.25, -0.2) is 4.39 Å². The van der Waals surface area contributed by atoms with Crippen LogP contribution in [0.5, 0.6) is 0 Å². The summed E-state index contributed by atoms with van der Waals surface area (Å²) in [5.41, 5.74) is 7.82. The van der Waals surface area contributed by atoms with Crippen molar-refractivity contribution in [1.82, 2.24) is 0 Å². The SMILES string of the molecule is C[B]c1ccc(C#Cc2ccc(C#Cc3c(C)cc(C)cc3C)cc2)cc1F. The summed E-state index contributed by atoms with van der Waals surface area (Å²) in [6.45, 7) is 8.10.